The topological polar surface area (TPSA) is 26.3 Å². The Labute approximate surface area is 111 Å². The summed E-state index contributed by atoms with van der Waals surface area (Å²) >= 11 is 0. The zero-order chi connectivity index (χ0) is 13.7. The number of ether oxygens (including phenoxy) is 1. The molecule has 0 saturated heterocycles. The van der Waals surface area contributed by atoms with E-state index in [1.54, 1.807) is 0 Å². The van der Waals surface area contributed by atoms with Gasteiger partial charge in [-0.1, -0.05) is 12.1 Å². The molecule has 0 bridgehead atoms. The van der Waals surface area contributed by atoms with Crippen LogP contribution in [0.3, 0.4) is 0 Å². The molecule has 0 heterocycles. The largest absolute Gasteiger partial charge is 0.493 e. The van der Waals surface area contributed by atoms with E-state index in [0.717, 1.165) is 11.3 Å². The third-order valence-electron chi connectivity index (χ3n) is 2.75. The molecule has 2 rings (SSSR count). The lowest BCUT2D eigenvalue weighted by atomic mass is 10.1. The van der Waals surface area contributed by atoms with Crippen LogP contribution in [0.1, 0.15) is 22.3 Å². The second-order valence-electron chi connectivity index (χ2n) is 4.35. The van der Waals surface area contributed by atoms with Gasteiger partial charge >= 0.3 is 0 Å². The molecular formula is C16H15FO2. The van der Waals surface area contributed by atoms with Gasteiger partial charge in [-0.15, -0.1) is 0 Å². The van der Waals surface area contributed by atoms with Crippen molar-refractivity contribution < 1.29 is 13.9 Å². The Morgan fingerprint density at radius 1 is 1.16 bits per heavy atom. The summed E-state index contributed by atoms with van der Waals surface area (Å²) in [6.07, 6.45) is 0.277. The minimum atomic E-state index is -0.340. The first kappa shape index (κ1) is 13.3. The van der Waals surface area contributed by atoms with E-state index in [-0.39, 0.29) is 18.0 Å². The molecule has 0 amide bonds. The fourth-order valence-corrected chi connectivity index (χ4v) is 1.75. The Morgan fingerprint density at radius 2 is 1.89 bits per heavy atom. The van der Waals surface area contributed by atoms with Crippen molar-refractivity contribution in [2.75, 3.05) is 6.61 Å². The van der Waals surface area contributed by atoms with Crippen molar-refractivity contribution >= 4 is 5.78 Å². The molecule has 2 nitrogen and oxygen atoms in total. The summed E-state index contributed by atoms with van der Waals surface area (Å²) in [7, 11) is 0. The molecule has 0 unspecified atom stereocenters. The normalized spacial score (nSPS) is 10.2. The number of hydrogen-bond donors (Lipinski definition) is 0. The van der Waals surface area contributed by atoms with Crippen LogP contribution in [-0.4, -0.2) is 12.4 Å². The Balaban J connectivity index is 1.86. The molecule has 0 aliphatic rings. The van der Waals surface area contributed by atoms with Crippen LogP contribution < -0.4 is 4.74 Å². The molecule has 98 valence electrons. The lowest BCUT2D eigenvalue weighted by Gasteiger charge is -2.06. The maximum absolute atomic E-state index is 12.7. The van der Waals surface area contributed by atoms with Gasteiger partial charge in [-0.3, -0.25) is 4.79 Å². The van der Waals surface area contributed by atoms with Crippen molar-refractivity contribution in [1.29, 1.82) is 0 Å². The molecule has 0 saturated carbocycles. The molecule has 0 N–H and O–H groups in total. The number of Topliss-reactive ketones (excluding diaryl/α,β-unsaturated/α-hetero) is 1. The van der Waals surface area contributed by atoms with Gasteiger partial charge in [0.05, 0.1) is 6.61 Å². The number of carbonyl (C=O) groups is 1. The number of aryl methyl sites for hydroxylation is 1. The third kappa shape index (κ3) is 3.91. The molecule has 0 spiro atoms. The van der Waals surface area contributed by atoms with Crippen LogP contribution in [0.15, 0.2) is 48.5 Å². The number of halogens is 1. The van der Waals surface area contributed by atoms with Crippen LogP contribution in [0.5, 0.6) is 5.75 Å². The van der Waals surface area contributed by atoms with Gasteiger partial charge in [0.2, 0.25) is 0 Å². The quantitative estimate of drug-likeness (QED) is 0.763. The highest BCUT2D eigenvalue weighted by molar-refractivity contribution is 5.96. The van der Waals surface area contributed by atoms with Crippen LogP contribution in [0.4, 0.5) is 4.39 Å². The van der Waals surface area contributed by atoms with Gasteiger partial charge in [-0.2, -0.15) is 0 Å². The van der Waals surface area contributed by atoms with E-state index in [1.807, 2.05) is 31.2 Å². The van der Waals surface area contributed by atoms with Crippen LogP contribution in [0.2, 0.25) is 0 Å². The highest BCUT2D eigenvalue weighted by Gasteiger charge is 2.06. The summed E-state index contributed by atoms with van der Waals surface area (Å²) in [5, 5.41) is 0. The van der Waals surface area contributed by atoms with Gasteiger partial charge in [0.25, 0.3) is 0 Å². The van der Waals surface area contributed by atoms with E-state index in [1.165, 1.54) is 24.3 Å². The lowest BCUT2D eigenvalue weighted by Crippen LogP contribution is -2.06. The van der Waals surface area contributed by atoms with Crippen LogP contribution in [0, 0.1) is 12.7 Å². The smallest absolute Gasteiger partial charge is 0.166 e. The molecule has 0 aliphatic heterocycles. The first-order valence-corrected chi connectivity index (χ1v) is 6.13. The number of hydrogen-bond acceptors (Lipinski definition) is 2. The van der Waals surface area contributed by atoms with Crippen LogP contribution in [0.25, 0.3) is 0 Å². The molecule has 2 aromatic rings. The number of ketones is 1. The Morgan fingerprint density at radius 3 is 2.58 bits per heavy atom. The number of carbonyl (C=O) groups excluding carboxylic acids is 1. The summed E-state index contributed by atoms with van der Waals surface area (Å²) in [4.78, 5) is 11.8. The second-order valence-corrected chi connectivity index (χ2v) is 4.35. The van der Waals surface area contributed by atoms with Gasteiger partial charge in [0.1, 0.15) is 11.6 Å². The molecule has 0 fully saturated rings. The lowest BCUT2D eigenvalue weighted by molar-refractivity contribution is 0.0962. The highest BCUT2D eigenvalue weighted by Crippen LogP contribution is 2.13. The SMILES string of the molecule is Cc1cccc(OCCC(=O)c2ccc(F)cc2)c1. The van der Waals surface area contributed by atoms with Gasteiger partial charge < -0.3 is 4.74 Å². The van der Waals surface area contributed by atoms with E-state index in [4.69, 9.17) is 4.74 Å². The molecule has 0 aliphatic carbocycles. The van der Waals surface area contributed by atoms with E-state index in [2.05, 4.69) is 0 Å². The molecule has 0 aromatic heterocycles. The first-order chi connectivity index (χ1) is 9.15. The van der Waals surface area contributed by atoms with E-state index in [0.29, 0.717) is 12.2 Å². The minimum absolute atomic E-state index is 0.0485. The summed E-state index contributed by atoms with van der Waals surface area (Å²) in [6.45, 7) is 2.30. The molecule has 3 heteroatoms. The second kappa shape index (κ2) is 6.14. The summed E-state index contributed by atoms with van der Waals surface area (Å²) in [6, 6.07) is 13.2. The summed E-state index contributed by atoms with van der Waals surface area (Å²) in [5.41, 5.74) is 1.62. The third-order valence-corrected chi connectivity index (χ3v) is 2.75. The van der Waals surface area contributed by atoms with Crippen molar-refractivity contribution in [2.24, 2.45) is 0 Å². The van der Waals surface area contributed by atoms with Crippen molar-refractivity contribution in [2.45, 2.75) is 13.3 Å². The maximum atomic E-state index is 12.7. The van der Waals surface area contributed by atoms with E-state index < -0.39 is 0 Å². The number of benzene rings is 2. The van der Waals surface area contributed by atoms with E-state index in [9.17, 15) is 9.18 Å². The van der Waals surface area contributed by atoms with E-state index >= 15 is 0 Å². The molecule has 19 heavy (non-hydrogen) atoms. The van der Waals surface area contributed by atoms with Crippen molar-refractivity contribution in [1.82, 2.24) is 0 Å². The van der Waals surface area contributed by atoms with Crippen molar-refractivity contribution in [3.63, 3.8) is 0 Å². The average molecular weight is 258 g/mol. The molecule has 2 aromatic carbocycles. The highest BCUT2D eigenvalue weighted by atomic mass is 19.1. The summed E-state index contributed by atoms with van der Waals surface area (Å²) < 4.78 is 18.2. The van der Waals surface area contributed by atoms with Crippen molar-refractivity contribution in [3.8, 4) is 5.75 Å². The molecule has 0 radical (unpaired) electrons. The first-order valence-electron chi connectivity index (χ1n) is 6.13. The Hall–Kier alpha value is -2.16. The zero-order valence-corrected chi connectivity index (χ0v) is 10.7. The van der Waals surface area contributed by atoms with Gasteiger partial charge in [0.15, 0.2) is 5.78 Å². The molecular weight excluding hydrogens is 243 g/mol. The average Bonchev–Trinajstić information content (AvgIpc) is 2.39. The number of rotatable bonds is 5. The fourth-order valence-electron chi connectivity index (χ4n) is 1.75. The van der Waals surface area contributed by atoms with Gasteiger partial charge in [0, 0.05) is 12.0 Å². The fraction of sp³-hybridized carbons (Fsp3) is 0.188. The Kier molecular flexibility index (Phi) is 4.29. The monoisotopic (exact) mass is 258 g/mol. The minimum Gasteiger partial charge on any atom is -0.493 e. The van der Waals surface area contributed by atoms with Crippen LogP contribution >= 0.6 is 0 Å². The zero-order valence-electron chi connectivity index (χ0n) is 10.7. The molecule has 0 atom stereocenters. The summed E-state index contributed by atoms with van der Waals surface area (Å²) in [5.74, 6) is 0.368. The van der Waals surface area contributed by atoms with Gasteiger partial charge in [-0.05, 0) is 48.9 Å². The maximum Gasteiger partial charge on any atom is 0.166 e. The van der Waals surface area contributed by atoms with Crippen LogP contribution in [-0.2, 0) is 0 Å². The Bertz CT molecular complexity index is 561. The van der Waals surface area contributed by atoms with Crippen molar-refractivity contribution in [3.05, 3.63) is 65.5 Å². The predicted molar refractivity (Wildman–Crippen MR) is 72.0 cm³/mol. The van der Waals surface area contributed by atoms with Gasteiger partial charge in [-0.25, -0.2) is 4.39 Å². The standard InChI is InChI=1S/C16H15FO2/c1-12-3-2-4-15(11-12)19-10-9-16(18)13-5-7-14(17)8-6-13/h2-8,11H,9-10H2,1H3. The predicted octanol–water partition coefficient (Wildman–Crippen LogP) is 3.79.